The van der Waals surface area contributed by atoms with Gasteiger partial charge in [0.1, 0.15) is 5.75 Å². The summed E-state index contributed by atoms with van der Waals surface area (Å²) in [5.74, 6) is 0.00875. The molecule has 1 rings (SSSR count). The number of rotatable bonds is 4. The fourth-order valence-electron chi connectivity index (χ4n) is 1.04. The molecule has 0 radical (unpaired) electrons. The van der Waals surface area contributed by atoms with E-state index in [0.717, 1.165) is 0 Å². The average molecular weight is 267 g/mol. The van der Waals surface area contributed by atoms with E-state index in [9.17, 15) is 13.9 Å². The van der Waals surface area contributed by atoms with E-state index in [4.69, 9.17) is 0 Å². The highest BCUT2D eigenvalue weighted by molar-refractivity contribution is 9.09. The number of alkyl halides is 3. The number of benzene rings is 1. The van der Waals surface area contributed by atoms with Gasteiger partial charge in [0, 0.05) is 10.9 Å². The van der Waals surface area contributed by atoms with Crippen LogP contribution in [0.3, 0.4) is 0 Å². The number of aliphatic hydroxyl groups excluding tert-OH is 1. The molecule has 0 aromatic heterocycles. The molecule has 1 aromatic rings. The molecule has 1 unspecified atom stereocenters. The fourth-order valence-corrected chi connectivity index (χ4v) is 1.39. The van der Waals surface area contributed by atoms with Crippen LogP contribution in [-0.4, -0.2) is 17.0 Å². The summed E-state index contributed by atoms with van der Waals surface area (Å²) in [6.45, 7) is -2.88. The summed E-state index contributed by atoms with van der Waals surface area (Å²) in [6.07, 6.45) is -0.843. The molecule has 2 nitrogen and oxygen atoms in total. The van der Waals surface area contributed by atoms with E-state index in [1.54, 1.807) is 18.2 Å². The maximum Gasteiger partial charge on any atom is 0.387 e. The molecule has 78 valence electrons. The fraction of sp³-hybridized carbons (Fsp3) is 0.333. The van der Waals surface area contributed by atoms with Crippen molar-refractivity contribution in [1.29, 1.82) is 0 Å². The van der Waals surface area contributed by atoms with E-state index in [1.807, 2.05) is 0 Å². The molecule has 0 saturated heterocycles. The molecule has 1 N–H and O–H groups in total. The van der Waals surface area contributed by atoms with Gasteiger partial charge in [-0.1, -0.05) is 34.1 Å². The lowest BCUT2D eigenvalue weighted by Crippen LogP contribution is -2.07. The van der Waals surface area contributed by atoms with Crippen molar-refractivity contribution in [3.63, 3.8) is 0 Å². The van der Waals surface area contributed by atoms with Crippen LogP contribution >= 0.6 is 15.9 Å². The predicted octanol–water partition coefficient (Wildman–Crippen LogP) is 2.72. The van der Waals surface area contributed by atoms with Crippen molar-refractivity contribution in [3.8, 4) is 5.75 Å². The van der Waals surface area contributed by atoms with Crippen LogP contribution in [0.25, 0.3) is 0 Å². The maximum absolute atomic E-state index is 12.0. The highest BCUT2D eigenvalue weighted by Gasteiger charge is 2.14. The number of para-hydroxylation sites is 1. The summed E-state index contributed by atoms with van der Waals surface area (Å²) >= 11 is 3.06. The van der Waals surface area contributed by atoms with Gasteiger partial charge in [-0.2, -0.15) is 8.78 Å². The highest BCUT2D eigenvalue weighted by Crippen LogP contribution is 2.27. The molecule has 0 heterocycles. The Morgan fingerprint density at radius 3 is 2.57 bits per heavy atom. The standard InChI is InChI=1S/C9H9BrF2O2/c10-5-7(13)6-3-1-2-4-8(6)14-9(11)12/h1-4,7,9,13H,5H2. The minimum absolute atomic E-state index is 0.00875. The first-order valence-corrected chi connectivity index (χ1v) is 5.05. The summed E-state index contributed by atoms with van der Waals surface area (Å²) in [7, 11) is 0. The number of ether oxygens (including phenoxy) is 1. The second kappa shape index (κ2) is 5.26. The van der Waals surface area contributed by atoms with Gasteiger partial charge in [-0.25, -0.2) is 0 Å². The molecule has 0 aliphatic heterocycles. The van der Waals surface area contributed by atoms with Crippen LogP contribution in [0.5, 0.6) is 5.75 Å². The SMILES string of the molecule is OC(CBr)c1ccccc1OC(F)F. The molecule has 0 aliphatic rings. The Morgan fingerprint density at radius 1 is 1.36 bits per heavy atom. The van der Waals surface area contributed by atoms with Crippen molar-refractivity contribution < 1.29 is 18.6 Å². The molecule has 1 atom stereocenters. The van der Waals surface area contributed by atoms with Crippen LogP contribution in [0.15, 0.2) is 24.3 Å². The number of hydrogen-bond donors (Lipinski definition) is 1. The van der Waals surface area contributed by atoms with Gasteiger partial charge >= 0.3 is 6.61 Å². The number of halogens is 3. The third-order valence-electron chi connectivity index (χ3n) is 1.64. The molecule has 0 saturated carbocycles. The van der Waals surface area contributed by atoms with Crippen LogP contribution in [0.1, 0.15) is 11.7 Å². The Labute approximate surface area is 88.6 Å². The Morgan fingerprint density at radius 2 is 2.00 bits per heavy atom. The molecule has 14 heavy (non-hydrogen) atoms. The molecular weight excluding hydrogens is 258 g/mol. The third-order valence-corrected chi connectivity index (χ3v) is 2.25. The van der Waals surface area contributed by atoms with Gasteiger partial charge in [0.25, 0.3) is 0 Å². The molecule has 0 aliphatic carbocycles. The predicted molar refractivity (Wildman–Crippen MR) is 51.8 cm³/mol. The highest BCUT2D eigenvalue weighted by atomic mass is 79.9. The van der Waals surface area contributed by atoms with Gasteiger partial charge in [-0.05, 0) is 6.07 Å². The molecule has 0 fully saturated rings. The lowest BCUT2D eigenvalue weighted by atomic mass is 10.1. The van der Waals surface area contributed by atoms with Crippen molar-refractivity contribution in [3.05, 3.63) is 29.8 Å². The zero-order valence-corrected chi connectivity index (χ0v) is 8.75. The molecule has 0 bridgehead atoms. The van der Waals surface area contributed by atoms with Gasteiger partial charge in [0.2, 0.25) is 0 Å². The van der Waals surface area contributed by atoms with E-state index >= 15 is 0 Å². The van der Waals surface area contributed by atoms with Gasteiger partial charge in [0.15, 0.2) is 0 Å². The second-order valence-electron chi connectivity index (χ2n) is 2.59. The lowest BCUT2D eigenvalue weighted by Gasteiger charge is -2.13. The van der Waals surface area contributed by atoms with E-state index < -0.39 is 12.7 Å². The molecular formula is C9H9BrF2O2. The first kappa shape index (κ1) is 11.4. The minimum Gasteiger partial charge on any atom is -0.434 e. The number of hydrogen-bond acceptors (Lipinski definition) is 2. The first-order chi connectivity index (χ1) is 6.65. The Hall–Kier alpha value is -0.680. The van der Waals surface area contributed by atoms with Crippen LogP contribution in [0.2, 0.25) is 0 Å². The van der Waals surface area contributed by atoms with Crippen molar-refractivity contribution in [2.45, 2.75) is 12.7 Å². The monoisotopic (exact) mass is 266 g/mol. The molecule has 5 heteroatoms. The third kappa shape index (κ3) is 2.92. The van der Waals surface area contributed by atoms with Gasteiger partial charge in [0.05, 0.1) is 6.10 Å². The summed E-state index contributed by atoms with van der Waals surface area (Å²) in [4.78, 5) is 0. The van der Waals surface area contributed by atoms with Crippen LogP contribution in [0, 0.1) is 0 Å². The smallest absolute Gasteiger partial charge is 0.387 e. The van der Waals surface area contributed by atoms with Crippen LogP contribution in [-0.2, 0) is 0 Å². The van der Waals surface area contributed by atoms with Crippen molar-refractivity contribution in [2.75, 3.05) is 5.33 Å². The summed E-state index contributed by atoms with van der Waals surface area (Å²) in [6, 6.07) is 6.17. The number of aliphatic hydroxyl groups is 1. The van der Waals surface area contributed by atoms with E-state index in [2.05, 4.69) is 20.7 Å². The van der Waals surface area contributed by atoms with Gasteiger partial charge < -0.3 is 9.84 Å². The summed E-state index contributed by atoms with van der Waals surface area (Å²) in [5.41, 5.74) is 0.352. The van der Waals surface area contributed by atoms with Gasteiger partial charge in [-0.3, -0.25) is 0 Å². The van der Waals surface area contributed by atoms with Crippen molar-refractivity contribution >= 4 is 15.9 Å². The first-order valence-electron chi connectivity index (χ1n) is 3.93. The van der Waals surface area contributed by atoms with E-state index in [0.29, 0.717) is 5.56 Å². The van der Waals surface area contributed by atoms with Crippen molar-refractivity contribution in [2.24, 2.45) is 0 Å². The molecule has 0 amide bonds. The Balaban J connectivity index is 2.91. The molecule has 1 aromatic carbocycles. The Bertz CT molecular complexity index is 294. The largest absolute Gasteiger partial charge is 0.434 e. The summed E-state index contributed by atoms with van der Waals surface area (Å²) < 4.78 is 28.2. The van der Waals surface area contributed by atoms with Crippen LogP contribution in [0.4, 0.5) is 8.78 Å². The lowest BCUT2D eigenvalue weighted by molar-refractivity contribution is -0.0513. The maximum atomic E-state index is 12.0. The van der Waals surface area contributed by atoms with Crippen molar-refractivity contribution in [1.82, 2.24) is 0 Å². The zero-order valence-electron chi connectivity index (χ0n) is 7.16. The average Bonchev–Trinajstić information content (AvgIpc) is 2.16. The second-order valence-corrected chi connectivity index (χ2v) is 3.23. The quantitative estimate of drug-likeness (QED) is 0.850. The topological polar surface area (TPSA) is 29.5 Å². The Kier molecular flexibility index (Phi) is 4.28. The zero-order chi connectivity index (χ0) is 10.6. The van der Waals surface area contributed by atoms with Gasteiger partial charge in [-0.15, -0.1) is 0 Å². The van der Waals surface area contributed by atoms with E-state index in [1.165, 1.54) is 6.07 Å². The summed E-state index contributed by atoms with van der Waals surface area (Å²) in [5, 5.41) is 9.73. The van der Waals surface area contributed by atoms with Crippen LogP contribution < -0.4 is 4.74 Å². The van der Waals surface area contributed by atoms with E-state index in [-0.39, 0.29) is 11.1 Å². The minimum atomic E-state index is -2.88. The normalized spacial score (nSPS) is 12.9. The molecule has 0 spiro atoms.